The van der Waals surface area contributed by atoms with Crippen LogP contribution in [0.2, 0.25) is 0 Å². The molecule has 132 valence electrons. The summed E-state index contributed by atoms with van der Waals surface area (Å²) >= 11 is 0. The van der Waals surface area contributed by atoms with Gasteiger partial charge >= 0.3 is 0 Å². The van der Waals surface area contributed by atoms with E-state index in [9.17, 15) is 8.42 Å². The number of benzene rings is 2. The van der Waals surface area contributed by atoms with Gasteiger partial charge in [-0.25, -0.2) is 8.42 Å². The summed E-state index contributed by atoms with van der Waals surface area (Å²) in [6, 6.07) is 13.9. The second-order valence-electron chi connectivity index (χ2n) is 6.46. The van der Waals surface area contributed by atoms with Gasteiger partial charge in [-0.1, -0.05) is 30.3 Å². The molecule has 0 radical (unpaired) electrons. The summed E-state index contributed by atoms with van der Waals surface area (Å²) in [5, 5.41) is 0. The fourth-order valence-electron chi connectivity index (χ4n) is 3.39. The molecular formula is C19H21NO4S. The van der Waals surface area contributed by atoms with Crippen molar-refractivity contribution in [1.82, 2.24) is 4.31 Å². The molecule has 0 amide bonds. The molecule has 2 aromatic rings. The third-order valence-corrected chi connectivity index (χ3v) is 6.68. The van der Waals surface area contributed by atoms with Crippen LogP contribution >= 0.6 is 0 Å². The Labute approximate surface area is 148 Å². The number of nitrogens with zero attached hydrogens (tertiary/aromatic N) is 1. The van der Waals surface area contributed by atoms with Gasteiger partial charge in [0.05, 0.1) is 5.75 Å². The topological polar surface area (TPSA) is 55.8 Å². The van der Waals surface area contributed by atoms with E-state index in [0.29, 0.717) is 31.7 Å². The molecule has 0 aliphatic carbocycles. The molecule has 0 bridgehead atoms. The first-order valence-electron chi connectivity index (χ1n) is 8.55. The van der Waals surface area contributed by atoms with Crippen LogP contribution < -0.4 is 9.47 Å². The van der Waals surface area contributed by atoms with Crippen molar-refractivity contribution in [3.05, 3.63) is 59.2 Å². The van der Waals surface area contributed by atoms with Crippen molar-refractivity contribution in [2.45, 2.75) is 25.8 Å². The fraction of sp³-hybridized carbons (Fsp3) is 0.368. The first-order chi connectivity index (χ1) is 12.1. The molecule has 0 atom stereocenters. The van der Waals surface area contributed by atoms with Gasteiger partial charge in [-0.3, -0.25) is 0 Å². The van der Waals surface area contributed by atoms with Gasteiger partial charge in [0.1, 0.15) is 0 Å². The largest absolute Gasteiger partial charge is 0.454 e. The number of sulfonamides is 1. The highest BCUT2D eigenvalue weighted by atomic mass is 32.2. The van der Waals surface area contributed by atoms with Crippen molar-refractivity contribution in [3.63, 3.8) is 0 Å². The molecule has 0 aromatic heterocycles. The minimum Gasteiger partial charge on any atom is -0.454 e. The van der Waals surface area contributed by atoms with E-state index in [1.165, 1.54) is 5.56 Å². The van der Waals surface area contributed by atoms with Gasteiger partial charge in [0.25, 0.3) is 0 Å². The molecule has 4 rings (SSSR count). The van der Waals surface area contributed by atoms with E-state index in [-0.39, 0.29) is 12.5 Å². The molecule has 0 spiro atoms. The number of hydrogen-bond donors (Lipinski definition) is 0. The molecule has 0 fully saturated rings. The number of aryl methyl sites for hydroxylation is 1. The molecule has 2 aliphatic rings. The number of rotatable bonds is 5. The highest BCUT2D eigenvalue weighted by molar-refractivity contribution is 7.89. The van der Waals surface area contributed by atoms with Crippen molar-refractivity contribution in [2.24, 2.45) is 0 Å². The molecule has 2 heterocycles. The third kappa shape index (κ3) is 3.50. The zero-order chi connectivity index (χ0) is 17.3. The molecule has 5 nitrogen and oxygen atoms in total. The maximum absolute atomic E-state index is 12.7. The number of hydrogen-bond acceptors (Lipinski definition) is 4. The van der Waals surface area contributed by atoms with E-state index < -0.39 is 10.0 Å². The second kappa shape index (κ2) is 6.69. The fourth-order valence-corrected chi connectivity index (χ4v) is 4.86. The summed E-state index contributed by atoms with van der Waals surface area (Å²) in [4.78, 5) is 0. The molecule has 0 N–H and O–H groups in total. The van der Waals surface area contributed by atoms with Crippen LogP contribution in [0, 0.1) is 0 Å². The lowest BCUT2D eigenvalue weighted by Crippen LogP contribution is -2.37. The first kappa shape index (κ1) is 16.4. The SMILES string of the molecule is O=S(=O)(CCCc1ccccc1)N1CCc2cc3c(cc2C1)OCO3. The monoisotopic (exact) mass is 359 g/mol. The minimum atomic E-state index is -3.25. The van der Waals surface area contributed by atoms with Crippen LogP contribution in [0.15, 0.2) is 42.5 Å². The summed E-state index contributed by atoms with van der Waals surface area (Å²) < 4.78 is 37.8. The van der Waals surface area contributed by atoms with E-state index in [2.05, 4.69) is 0 Å². The molecule has 2 aromatic carbocycles. The van der Waals surface area contributed by atoms with Crippen LogP contribution in [0.4, 0.5) is 0 Å². The second-order valence-corrected chi connectivity index (χ2v) is 8.55. The van der Waals surface area contributed by atoms with E-state index >= 15 is 0 Å². The van der Waals surface area contributed by atoms with Crippen molar-refractivity contribution in [1.29, 1.82) is 0 Å². The van der Waals surface area contributed by atoms with Crippen LogP contribution in [0.5, 0.6) is 11.5 Å². The van der Waals surface area contributed by atoms with Crippen molar-refractivity contribution in [3.8, 4) is 11.5 Å². The van der Waals surface area contributed by atoms with Crippen molar-refractivity contribution >= 4 is 10.0 Å². The van der Waals surface area contributed by atoms with Crippen molar-refractivity contribution in [2.75, 3.05) is 19.1 Å². The summed E-state index contributed by atoms with van der Waals surface area (Å²) in [6.45, 7) is 1.18. The molecule has 2 aliphatic heterocycles. The summed E-state index contributed by atoms with van der Waals surface area (Å²) in [5.41, 5.74) is 3.34. The number of ether oxygens (including phenoxy) is 2. The Kier molecular flexibility index (Phi) is 4.39. The van der Waals surface area contributed by atoms with Crippen LogP contribution in [0.3, 0.4) is 0 Å². The number of fused-ring (bicyclic) bond motifs is 2. The molecule has 25 heavy (non-hydrogen) atoms. The lowest BCUT2D eigenvalue weighted by Gasteiger charge is -2.28. The molecule has 0 saturated carbocycles. The van der Waals surface area contributed by atoms with Gasteiger partial charge in [0.15, 0.2) is 11.5 Å². The zero-order valence-corrected chi connectivity index (χ0v) is 14.8. The quantitative estimate of drug-likeness (QED) is 0.824. The van der Waals surface area contributed by atoms with Crippen LogP contribution in [0.1, 0.15) is 23.1 Å². The van der Waals surface area contributed by atoms with Crippen LogP contribution in [-0.4, -0.2) is 31.8 Å². The maximum Gasteiger partial charge on any atom is 0.231 e. The Bertz CT molecular complexity index is 864. The van der Waals surface area contributed by atoms with Gasteiger partial charge in [0.2, 0.25) is 16.8 Å². The van der Waals surface area contributed by atoms with Crippen LogP contribution in [-0.2, 0) is 29.4 Å². The van der Waals surface area contributed by atoms with Crippen LogP contribution in [0.25, 0.3) is 0 Å². The Morgan fingerprint density at radius 3 is 2.48 bits per heavy atom. The minimum absolute atomic E-state index is 0.182. The Morgan fingerprint density at radius 2 is 1.72 bits per heavy atom. The lowest BCUT2D eigenvalue weighted by atomic mass is 10.0. The predicted molar refractivity (Wildman–Crippen MR) is 95.2 cm³/mol. The van der Waals surface area contributed by atoms with Crippen molar-refractivity contribution < 1.29 is 17.9 Å². The van der Waals surface area contributed by atoms with E-state index in [1.807, 2.05) is 42.5 Å². The van der Waals surface area contributed by atoms with Gasteiger partial charge < -0.3 is 9.47 Å². The molecule has 0 saturated heterocycles. The summed E-state index contributed by atoms with van der Waals surface area (Å²) in [6.07, 6.45) is 2.13. The Balaban J connectivity index is 1.41. The average molecular weight is 359 g/mol. The normalized spacial score (nSPS) is 16.6. The maximum atomic E-state index is 12.7. The van der Waals surface area contributed by atoms with Gasteiger partial charge in [-0.05, 0) is 48.1 Å². The van der Waals surface area contributed by atoms with Gasteiger partial charge in [-0.2, -0.15) is 4.31 Å². The van der Waals surface area contributed by atoms with E-state index in [4.69, 9.17) is 9.47 Å². The first-order valence-corrected chi connectivity index (χ1v) is 10.2. The van der Waals surface area contributed by atoms with Gasteiger partial charge in [0, 0.05) is 13.1 Å². The summed E-state index contributed by atoms with van der Waals surface area (Å²) in [5.74, 6) is 1.65. The van der Waals surface area contributed by atoms with E-state index in [1.54, 1.807) is 4.31 Å². The van der Waals surface area contributed by atoms with Gasteiger partial charge in [-0.15, -0.1) is 0 Å². The molecule has 0 unspecified atom stereocenters. The highest BCUT2D eigenvalue weighted by Gasteiger charge is 2.28. The standard InChI is InChI=1S/C19H21NO4S/c21-25(22,10-4-7-15-5-2-1-3-6-15)20-9-8-16-11-18-19(24-14-23-18)12-17(16)13-20/h1-3,5-6,11-12H,4,7-10,13-14H2. The third-order valence-electron chi connectivity index (χ3n) is 4.78. The van der Waals surface area contributed by atoms with E-state index in [0.717, 1.165) is 23.3 Å². The lowest BCUT2D eigenvalue weighted by molar-refractivity contribution is 0.174. The summed E-state index contributed by atoms with van der Waals surface area (Å²) in [7, 11) is -3.25. The highest BCUT2D eigenvalue weighted by Crippen LogP contribution is 2.37. The Hall–Kier alpha value is -2.05. The smallest absolute Gasteiger partial charge is 0.231 e. The predicted octanol–water partition coefficient (Wildman–Crippen LogP) is 2.74. The molecule has 6 heteroatoms. The average Bonchev–Trinajstić information content (AvgIpc) is 3.07. The Morgan fingerprint density at radius 1 is 1.00 bits per heavy atom. The zero-order valence-electron chi connectivity index (χ0n) is 14.0. The molecular weight excluding hydrogens is 338 g/mol.